The highest BCUT2D eigenvalue weighted by Crippen LogP contribution is 2.21. The van der Waals surface area contributed by atoms with Crippen molar-refractivity contribution in [1.29, 1.82) is 0 Å². The molecule has 92 valence electrons. The lowest BCUT2D eigenvalue weighted by Crippen LogP contribution is -2.37. The molecule has 1 amide bonds. The van der Waals surface area contributed by atoms with E-state index < -0.39 is 0 Å². The van der Waals surface area contributed by atoms with Crippen LogP contribution in [0.3, 0.4) is 0 Å². The number of carbonyl (C=O) groups excluding carboxylic acids is 1. The fraction of sp³-hybridized carbons (Fsp3) is 0.417. The second-order valence-corrected chi connectivity index (χ2v) is 5.73. The zero-order valence-electron chi connectivity index (χ0n) is 9.41. The number of amides is 1. The van der Waals surface area contributed by atoms with E-state index in [0.29, 0.717) is 16.3 Å². The highest BCUT2D eigenvalue weighted by molar-refractivity contribution is 7.99. The molecule has 1 heterocycles. The Kier molecular flexibility index (Phi) is 4.18. The molecule has 17 heavy (non-hydrogen) atoms. The molecule has 3 N–H and O–H groups in total. The summed E-state index contributed by atoms with van der Waals surface area (Å²) in [5, 5.41) is 3.43. The molecule has 1 aliphatic heterocycles. The van der Waals surface area contributed by atoms with E-state index in [1.54, 1.807) is 18.2 Å². The summed E-state index contributed by atoms with van der Waals surface area (Å²) < 4.78 is 0. The molecule has 1 aromatic carbocycles. The monoisotopic (exact) mass is 270 g/mol. The summed E-state index contributed by atoms with van der Waals surface area (Å²) in [6.45, 7) is 0. The largest absolute Gasteiger partial charge is 0.399 e. The van der Waals surface area contributed by atoms with Crippen LogP contribution in [-0.4, -0.2) is 23.5 Å². The van der Waals surface area contributed by atoms with E-state index in [1.807, 2.05) is 11.8 Å². The Morgan fingerprint density at radius 3 is 2.76 bits per heavy atom. The molecule has 1 aromatic rings. The number of halogens is 1. The summed E-state index contributed by atoms with van der Waals surface area (Å²) in [7, 11) is 0. The second kappa shape index (κ2) is 5.65. The van der Waals surface area contributed by atoms with E-state index in [0.717, 1.165) is 24.3 Å². The number of hydrogen-bond donors (Lipinski definition) is 2. The van der Waals surface area contributed by atoms with Gasteiger partial charge in [0.15, 0.2) is 0 Å². The predicted octanol–water partition coefficient (Wildman–Crippen LogP) is 2.55. The van der Waals surface area contributed by atoms with Crippen molar-refractivity contribution in [2.24, 2.45) is 0 Å². The van der Waals surface area contributed by atoms with Crippen LogP contribution in [0.2, 0.25) is 5.02 Å². The lowest BCUT2D eigenvalue weighted by molar-refractivity contribution is 0.0935. The molecule has 0 unspecified atom stereocenters. The van der Waals surface area contributed by atoms with E-state index >= 15 is 0 Å². The molecule has 5 heteroatoms. The number of rotatable bonds is 2. The predicted molar refractivity (Wildman–Crippen MR) is 73.7 cm³/mol. The zero-order valence-corrected chi connectivity index (χ0v) is 11.0. The Labute approximate surface area is 110 Å². The minimum atomic E-state index is -0.105. The standard InChI is InChI=1S/C12H15ClN2OS/c13-11-7-8(14)1-2-10(11)12(16)15-9-3-5-17-6-4-9/h1-2,7,9H,3-6,14H2,(H,15,16). The molecule has 2 rings (SSSR count). The number of carbonyl (C=O) groups is 1. The quantitative estimate of drug-likeness (QED) is 0.812. The summed E-state index contributed by atoms with van der Waals surface area (Å²) in [5.74, 6) is 2.12. The number of hydrogen-bond acceptors (Lipinski definition) is 3. The summed E-state index contributed by atoms with van der Waals surface area (Å²) in [4.78, 5) is 12.0. The van der Waals surface area contributed by atoms with Crippen molar-refractivity contribution in [3.05, 3.63) is 28.8 Å². The van der Waals surface area contributed by atoms with Crippen LogP contribution in [0.15, 0.2) is 18.2 Å². The highest BCUT2D eigenvalue weighted by Gasteiger charge is 2.18. The molecular formula is C12H15ClN2OS. The maximum absolute atomic E-state index is 12.0. The summed E-state index contributed by atoms with van der Waals surface area (Å²) in [6, 6.07) is 5.24. The topological polar surface area (TPSA) is 55.1 Å². The summed E-state index contributed by atoms with van der Waals surface area (Å²) in [5.41, 5.74) is 6.66. The Bertz CT molecular complexity index is 419. The van der Waals surface area contributed by atoms with Gasteiger partial charge in [0, 0.05) is 11.7 Å². The van der Waals surface area contributed by atoms with Crippen LogP contribution in [-0.2, 0) is 0 Å². The van der Waals surface area contributed by atoms with E-state index in [4.69, 9.17) is 17.3 Å². The van der Waals surface area contributed by atoms with Gasteiger partial charge in [0.1, 0.15) is 0 Å². The number of thioether (sulfide) groups is 1. The van der Waals surface area contributed by atoms with Gasteiger partial charge in [-0.2, -0.15) is 11.8 Å². The van der Waals surface area contributed by atoms with Crippen LogP contribution >= 0.6 is 23.4 Å². The normalized spacial score (nSPS) is 16.8. The fourth-order valence-electron chi connectivity index (χ4n) is 1.82. The fourth-order valence-corrected chi connectivity index (χ4v) is 3.20. The van der Waals surface area contributed by atoms with E-state index in [2.05, 4.69) is 5.32 Å². The van der Waals surface area contributed by atoms with Gasteiger partial charge < -0.3 is 11.1 Å². The first kappa shape index (κ1) is 12.6. The number of anilines is 1. The van der Waals surface area contributed by atoms with Gasteiger partial charge in [-0.1, -0.05) is 11.6 Å². The molecule has 0 radical (unpaired) electrons. The smallest absolute Gasteiger partial charge is 0.253 e. The lowest BCUT2D eigenvalue weighted by Gasteiger charge is -2.22. The third-order valence-electron chi connectivity index (χ3n) is 2.79. The maximum Gasteiger partial charge on any atom is 0.253 e. The number of nitrogens with one attached hydrogen (secondary N) is 1. The molecule has 0 saturated carbocycles. The third-order valence-corrected chi connectivity index (χ3v) is 4.16. The first-order valence-corrected chi connectivity index (χ1v) is 7.14. The number of nitrogens with two attached hydrogens (primary N) is 1. The van der Waals surface area contributed by atoms with Crippen LogP contribution in [0, 0.1) is 0 Å². The van der Waals surface area contributed by atoms with Gasteiger partial charge in [0.05, 0.1) is 10.6 Å². The SMILES string of the molecule is Nc1ccc(C(=O)NC2CCSCC2)c(Cl)c1. The van der Waals surface area contributed by atoms with Crippen LogP contribution in [0.4, 0.5) is 5.69 Å². The first-order chi connectivity index (χ1) is 8.16. The molecule has 1 aliphatic rings. The van der Waals surface area contributed by atoms with Crippen LogP contribution < -0.4 is 11.1 Å². The maximum atomic E-state index is 12.0. The molecule has 1 fully saturated rings. The van der Waals surface area contributed by atoms with Gasteiger partial charge in [-0.25, -0.2) is 0 Å². The molecule has 1 saturated heterocycles. The second-order valence-electron chi connectivity index (χ2n) is 4.10. The Morgan fingerprint density at radius 2 is 2.12 bits per heavy atom. The number of nitrogen functional groups attached to an aromatic ring is 1. The van der Waals surface area contributed by atoms with Crippen molar-refractivity contribution in [2.75, 3.05) is 17.2 Å². The lowest BCUT2D eigenvalue weighted by atomic mass is 10.1. The van der Waals surface area contributed by atoms with Crippen LogP contribution in [0.25, 0.3) is 0 Å². The van der Waals surface area contributed by atoms with Crippen molar-refractivity contribution in [1.82, 2.24) is 5.32 Å². The third kappa shape index (κ3) is 3.30. The molecule has 3 nitrogen and oxygen atoms in total. The minimum Gasteiger partial charge on any atom is -0.399 e. The van der Waals surface area contributed by atoms with Gasteiger partial charge >= 0.3 is 0 Å². The van der Waals surface area contributed by atoms with E-state index in [9.17, 15) is 4.79 Å². The van der Waals surface area contributed by atoms with Crippen molar-refractivity contribution >= 4 is 35.0 Å². The summed E-state index contributed by atoms with van der Waals surface area (Å²) in [6.07, 6.45) is 2.06. The molecule has 0 aromatic heterocycles. The van der Waals surface area contributed by atoms with Crippen molar-refractivity contribution in [2.45, 2.75) is 18.9 Å². The molecule has 0 bridgehead atoms. The van der Waals surface area contributed by atoms with Gasteiger partial charge in [-0.3, -0.25) is 4.79 Å². The van der Waals surface area contributed by atoms with E-state index in [-0.39, 0.29) is 11.9 Å². The van der Waals surface area contributed by atoms with Gasteiger partial charge in [-0.15, -0.1) is 0 Å². The Hall–Kier alpha value is -0.870. The van der Waals surface area contributed by atoms with Crippen molar-refractivity contribution in [3.63, 3.8) is 0 Å². The Morgan fingerprint density at radius 1 is 1.41 bits per heavy atom. The molecule has 0 spiro atoms. The molecular weight excluding hydrogens is 256 g/mol. The van der Waals surface area contributed by atoms with Crippen molar-refractivity contribution < 1.29 is 4.79 Å². The van der Waals surface area contributed by atoms with Crippen LogP contribution in [0.1, 0.15) is 23.2 Å². The summed E-state index contributed by atoms with van der Waals surface area (Å²) >= 11 is 7.93. The molecule has 0 atom stereocenters. The minimum absolute atomic E-state index is 0.105. The highest BCUT2D eigenvalue weighted by atomic mass is 35.5. The van der Waals surface area contributed by atoms with Gasteiger partial charge in [0.25, 0.3) is 5.91 Å². The first-order valence-electron chi connectivity index (χ1n) is 5.60. The average molecular weight is 271 g/mol. The van der Waals surface area contributed by atoms with E-state index in [1.165, 1.54) is 0 Å². The zero-order chi connectivity index (χ0) is 12.3. The average Bonchev–Trinajstić information content (AvgIpc) is 2.30. The van der Waals surface area contributed by atoms with Crippen molar-refractivity contribution in [3.8, 4) is 0 Å². The van der Waals surface area contributed by atoms with Gasteiger partial charge in [0.2, 0.25) is 0 Å². The number of benzene rings is 1. The molecule has 0 aliphatic carbocycles. The van der Waals surface area contributed by atoms with Crippen LogP contribution in [0.5, 0.6) is 0 Å². The Balaban J connectivity index is 2.03. The van der Waals surface area contributed by atoms with Gasteiger partial charge in [-0.05, 0) is 42.5 Å².